The highest BCUT2D eigenvalue weighted by atomic mass is 32.2. The van der Waals surface area contributed by atoms with Crippen LogP contribution in [0.5, 0.6) is 0 Å². The first-order chi connectivity index (χ1) is 33.8. The lowest BCUT2D eigenvalue weighted by Gasteiger charge is -2.28. The quantitative estimate of drug-likeness (QED) is 0.0323. The van der Waals surface area contributed by atoms with Crippen LogP contribution in [-0.2, 0) is 65.1 Å². The zero-order valence-corrected chi connectivity index (χ0v) is 42.9. The van der Waals surface area contributed by atoms with Gasteiger partial charge in [0.15, 0.2) is 5.96 Å². The van der Waals surface area contributed by atoms with Crippen LogP contribution in [0.25, 0.3) is 0 Å². The number of nitrogens with one attached hydrogen (secondary N) is 6. The molecule has 0 unspecified atom stereocenters. The van der Waals surface area contributed by atoms with E-state index in [0.29, 0.717) is 12.0 Å². The van der Waals surface area contributed by atoms with Gasteiger partial charge in [0, 0.05) is 55.8 Å². The Morgan fingerprint density at radius 2 is 1.47 bits per heavy atom. The number of ether oxygens (including phenoxy) is 1. The first-order valence-electron chi connectivity index (χ1n) is 23.3. The Hall–Kier alpha value is -6.95. The number of amides is 7. The number of allylic oxidation sites excluding steroid dienone is 2. The van der Waals surface area contributed by atoms with Gasteiger partial charge in [-0.05, 0) is 51.5 Å². The van der Waals surface area contributed by atoms with Gasteiger partial charge in [-0.3, -0.25) is 42.8 Å². The number of benzene rings is 1. The molecule has 0 aromatic heterocycles. The number of hydrogen-bond donors (Lipinski definition) is 10. The second kappa shape index (κ2) is 30.0. The summed E-state index contributed by atoms with van der Waals surface area (Å²) in [5.41, 5.74) is 12.3. The number of nitrogens with zero attached hydrogens (tertiary/aromatic N) is 2. The van der Waals surface area contributed by atoms with Gasteiger partial charge >= 0.3 is 11.9 Å². The molecule has 1 aromatic carbocycles. The van der Waals surface area contributed by atoms with Crippen molar-refractivity contribution in [3.63, 3.8) is 0 Å². The maximum Gasteiger partial charge on any atom is 0.327 e. The molecule has 1 fully saturated rings. The molecule has 0 saturated carbocycles. The van der Waals surface area contributed by atoms with Crippen molar-refractivity contribution in [2.75, 3.05) is 32.7 Å². The maximum atomic E-state index is 14.4. The second-order valence-corrected chi connectivity index (χ2v) is 19.3. The van der Waals surface area contributed by atoms with Gasteiger partial charge in [-0.25, -0.2) is 9.59 Å². The normalized spacial score (nSPS) is 25.5. The number of likely N-dealkylation sites (N-methyl/N-ethyl adjacent to an activating group) is 1. The first kappa shape index (κ1) is 61.2. The van der Waals surface area contributed by atoms with Crippen LogP contribution in [0.2, 0.25) is 0 Å². The van der Waals surface area contributed by atoms with Gasteiger partial charge in [-0.2, -0.15) is 0 Å². The first-order valence-corrected chi connectivity index (χ1v) is 25.0. The fourth-order valence-corrected chi connectivity index (χ4v) is 7.87. The highest BCUT2D eigenvalue weighted by Gasteiger charge is 2.37. The smallest absolute Gasteiger partial charge is 0.327 e. The molecule has 72 heavy (non-hydrogen) atoms. The van der Waals surface area contributed by atoms with Crippen molar-refractivity contribution in [2.45, 2.75) is 115 Å². The van der Waals surface area contributed by atoms with Gasteiger partial charge in [0.05, 0.1) is 24.0 Å². The molecule has 1 saturated heterocycles. The van der Waals surface area contributed by atoms with E-state index < -0.39 is 131 Å². The standard InChI is InChI=1S/C48H72N10O13S/c1-26(24-27(2)37(71-8)25-32-14-11-10-12-15-32)17-18-33-28(3)40(60)56-36(46(66)67)19-20-38(59)58(7)31(6)43(63)52-30(5)42(62)55-35(21-23-72(9)70)45(65)57-39(47(68)69)29(4)41(61)54-34(44(64)53-33)16-13-22-51-48(49)50/h10-12,14-15,17-18,24,27-30,33-37,39H,6,13,16,19-23,25H2,1-5,7-9H3,(H,52,63)(H,53,64)(H,54,61)(H,55,62)(H,56,60)(H,57,65)(H,66,67)(H,68,69)(H4,49,50,51)/t27-,28-,29-,30+,33-,34-,35-,36+,37-,39+,72+/m0/s1. The van der Waals surface area contributed by atoms with Gasteiger partial charge in [-0.1, -0.05) is 81.5 Å². The number of carbonyl (C=O) groups is 9. The lowest BCUT2D eigenvalue weighted by atomic mass is 9.94. The fourth-order valence-electron chi connectivity index (χ4n) is 7.31. The molecule has 11 atom stereocenters. The van der Waals surface area contributed by atoms with Crippen LogP contribution in [0.3, 0.4) is 0 Å². The Labute approximate surface area is 422 Å². The Bertz CT molecular complexity index is 2240. The summed E-state index contributed by atoms with van der Waals surface area (Å²) in [4.78, 5) is 126. The lowest BCUT2D eigenvalue weighted by Crippen LogP contribution is -2.59. The zero-order valence-electron chi connectivity index (χ0n) is 42.1. The van der Waals surface area contributed by atoms with Gasteiger partial charge in [0.25, 0.3) is 5.91 Å². The average molecular weight is 1030 g/mol. The molecule has 0 bridgehead atoms. The fraction of sp³-hybridized carbons (Fsp3) is 0.542. The Balaban J connectivity index is 2.74. The summed E-state index contributed by atoms with van der Waals surface area (Å²) in [6, 6.07) is 0.558. The Morgan fingerprint density at radius 3 is 2.06 bits per heavy atom. The third kappa shape index (κ3) is 20.4. The van der Waals surface area contributed by atoms with E-state index in [2.05, 4.69) is 43.5 Å². The van der Waals surface area contributed by atoms with Gasteiger partial charge in [0.1, 0.15) is 35.9 Å². The third-order valence-corrected chi connectivity index (χ3v) is 12.8. The molecular weight excluding hydrogens is 957 g/mol. The molecule has 398 valence electrons. The van der Waals surface area contributed by atoms with E-state index in [1.54, 1.807) is 20.1 Å². The molecular formula is C48H72N10O13S. The number of nitrogens with two attached hydrogens (primary N) is 2. The van der Waals surface area contributed by atoms with Crippen LogP contribution in [0.15, 0.2) is 71.4 Å². The summed E-state index contributed by atoms with van der Waals surface area (Å²) in [6.07, 6.45) is 5.54. The predicted molar refractivity (Wildman–Crippen MR) is 268 cm³/mol. The van der Waals surface area contributed by atoms with Crippen LogP contribution < -0.4 is 43.4 Å². The van der Waals surface area contributed by atoms with E-state index >= 15 is 0 Å². The minimum atomic E-state index is -1.96. The molecule has 7 amide bonds. The van der Waals surface area contributed by atoms with E-state index in [-0.39, 0.29) is 49.5 Å². The van der Waals surface area contributed by atoms with Crippen molar-refractivity contribution in [1.29, 1.82) is 0 Å². The van der Waals surface area contributed by atoms with Crippen molar-refractivity contribution in [1.82, 2.24) is 36.8 Å². The van der Waals surface area contributed by atoms with Crippen LogP contribution >= 0.6 is 0 Å². The van der Waals surface area contributed by atoms with E-state index in [9.17, 15) is 57.6 Å². The van der Waals surface area contributed by atoms with E-state index in [4.69, 9.17) is 16.2 Å². The van der Waals surface area contributed by atoms with Crippen LogP contribution in [0, 0.1) is 17.8 Å². The third-order valence-electron chi connectivity index (χ3n) is 11.9. The number of aliphatic imine (C=N–C) groups is 1. The minimum absolute atomic E-state index is 0.00331. The summed E-state index contributed by atoms with van der Waals surface area (Å²) in [6.45, 7) is 11.2. The summed E-state index contributed by atoms with van der Waals surface area (Å²) in [5, 5.41) is 35.2. The summed E-state index contributed by atoms with van der Waals surface area (Å²) in [5.74, 6) is -13.0. The Morgan fingerprint density at radius 1 is 0.875 bits per heavy atom. The molecule has 24 heteroatoms. The predicted octanol–water partition coefficient (Wildman–Crippen LogP) is -0.659. The minimum Gasteiger partial charge on any atom is -0.480 e. The molecule has 1 aliphatic heterocycles. The molecule has 0 spiro atoms. The molecule has 0 aliphatic carbocycles. The summed E-state index contributed by atoms with van der Waals surface area (Å²) < 4.78 is 17.9. The van der Waals surface area contributed by atoms with Gasteiger partial charge in [0.2, 0.25) is 35.4 Å². The number of rotatable bonds is 16. The molecule has 0 radical (unpaired) electrons. The number of hydrogen-bond acceptors (Lipinski definition) is 12. The Kier molecular flexibility index (Phi) is 25.5. The van der Waals surface area contributed by atoms with Crippen molar-refractivity contribution in [2.24, 2.45) is 34.2 Å². The van der Waals surface area contributed by atoms with Gasteiger partial charge < -0.3 is 63.2 Å². The highest BCUT2D eigenvalue weighted by molar-refractivity contribution is 7.84. The van der Waals surface area contributed by atoms with E-state index in [0.717, 1.165) is 10.5 Å². The van der Waals surface area contributed by atoms with E-state index in [1.807, 2.05) is 43.3 Å². The monoisotopic (exact) mass is 1030 g/mol. The van der Waals surface area contributed by atoms with Crippen LogP contribution in [0.4, 0.5) is 0 Å². The van der Waals surface area contributed by atoms with Crippen molar-refractivity contribution >= 4 is 70.0 Å². The molecule has 1 heterocycles. The number of carbonyl (C=O) groups excluding carboxylic acids is 7. The van der Waals surface area contributed by atoms with E-state index in [1.165, 1.54) is 40.2 Å². The average Bonchev–Trinajstić information content (AvgIpc) is 3.32. The molecule has 2 rings (SSSR count). The molecule has 23 nitrogen and oxygen atoms in total. The molecule has 1 aliphatic rings. The zero-order chi connectivity index (χ0) is 54.4. The van der Waals surface area contributed by atoms with Gasteiger partial charge in [-0.15, -0.1) is 0 Å². The summed E-state index contributed by atoms with van der Waals surface area (Å²) >= 11 is 0. The van der Waals surface area contributed by atoms with Crippen LogP contribution in [0.1, 0.15) is 72.3 Å². The maximum absolute atomic E-state index is 14.4. The highest BCUT2D eigenvalue weighted by Crippen LogP contribution is 2.19. The SMILES string of the molecule is C=C1C(=O)N[C@H](C)C(=O)N[C@@H](CC[S@@](C)=O)C(=O)N[C@@H](C(=O)O)[C@H](C)C(=O)N[C@@H](CCCN=C(N)N)C(=O)N[C@@H](C=CC(C)=C[C@H](C)[C@H](Cc2ccccc2)OC)[C@H](C)C(=O)N[C@@H](C(=O)O)CCC(=O)N1C. The number of carboxylic acid groups (broad SMARTS) is 2. The van der Waals surface area contributed by atoms with Crippen LogP contribution in [-0.4, -0.2) is 154 Å². The van der Waals surface area contributed by atoms with Crippen molar-refractivity contribution in [3.05, 3.63) is 72.0 Å². The molecule has 1 aromatic rings. The molecule has 12 N–H and O–H groups in total. The number of carboxylic acids is 2. The lowest BCUT2D eigenvalue weighted by molar-refractivity contribution is -0.146. The summed E-state index contributed by atoms with van der Waals surface area (Å²) in [7, 11) is 1.29. The topological polar surface area (TPSA) is 360 Å². The van der Waals surface area contributed by atoms with Crippen molar-refractivity contribution < 1.29 is 62.3 Å². The van der Waals surface area contributed by atoms with Crippen molar-refractivity contribution in [3.8, 4) is 0 Å². The second-order valence-electron chi connectivity index (χ2n) is 17.7. The number of aliphatic carboxylic acids is 2. The number of guanidine groups is 1. The number of methoxy groups -OCH3 is 1. The largest absolute Gasteiger partial charge is 0.480 e.